The molecule has 0 atom stereocenters. The van der Waals surface area contributed by atoms with Crippen LogP contribution in [0.2, 0.25) is 0 Å². The van der Waals surface area contributed by atoms with Crippen LogP contribution in [-0.4, -0.2) is 19.5 Å². The number of rotatable bonds is 3. The maximum Gasteiger partial charge on any atom is 0.227 e. The summed E-state index contributed by atoms with van der Waals surface area (Å²) in [5.74, 6) is 0.247. The highest BCUT2D eigenvalue weighted by Crippen LogP contribution is 2.28. The molecule has 0 bridgehead atoms. The van der Waals surface area contributed by atoms with Crippen LogP contribution in [0.1, 0.15) is 24.5 Å². The Hall–Kier alpha value is -1.35. The zero-order valence-corrected chi connectivity index (χ0v) is 9.92. The van der Waals surface area contributed by atoms with E-state index in [4.69, 9.17) is 0 Å². The number of fused-ring (bicyclic) bond motifs is 1. The van der Waals surface area contributed by atoms with Gasteiger partial charge in [0.2, 0.25) is 5.91 Å². The van der Waals surface area contributed by atoms with Gasteiger partial charge in [-0.3, -0.25) is 4.79 Å². The normalized spacial score (nSPS) is 15.1. The Morgan fingerprint density at radius 1 is 1.38 bits per heavy atom. The smallest absolute Gasteiger partial charge is 0.227 e. The fourth-order valence-corrected chi connectivity index (χ4v) is 2.27. The lowest BCUT2D eigenvalue weighted by Crippen LogP contribution is -2.34. The van der Waals surface area contributed by atoms with Crippen molar-refractivity contribution in [3.63, 3.8) is 0 Å². The highest BCUT2D eigenvalue weighted by atomic mass is 16.2. The number of hydrogen-bond acceptors (Lipinski definition) is 2. The molecule has 1 aromatic carbocycles. The Kier molecular flexibility index (Phi) is 3.25. The van der Waals surface area contributed by atoms with Gasteiger partial charge in [0.1, 0.15) is 0 Å². The van der Waals surface area contributed by atoms with Crippen LogP contribution in [0.3, 0.4) is 0 Å². The Bertz CT molecular complexity index is 401. The van der Waals surface area contributed by atoms with Crippen molar-refractivity contribution >= 4 is 11.6 Å². The number of benzene rings is 1. The van der Waals surface area contributed by atoms with Crippen LogP contribution in [0.5, 0.6) is 0 Å². The molecular formula is C13H18N2O. The summed E-state index contributed by atoms with van der Waals surface area (Å²) in [5, 5.41) is 3.14. The van der Waals surface area contributed by atoms with Gasteiger partial charge in [-0.2, -0.15) is 0 Å². The summed E-state index contributed by atoms with van der Waals surface area (Å²) in [6, 6.07) is 6.38. The first-order chi connectivity index (χ1) is 7.76. The summed E-state index contributed by atoms with van der Waals surface area (Å²) in [6.07, 6.45) is 1.52. The third-order valence-corrected chi connectivity index (χ3v) is 3.04. The van der Waals surface area contributed by atoms with E-state index in [1.807, 2.05) is 18.9 Å². The van der Waals surface area contributed by atoms with Gasteiger partial charge in [-0.25, -0.2) is 0 Å². The first-order valence-electron chi connectivity index (χ1n) is 5.83. The molecule has 0 unspecified atom stereocenters. The molecule has 2 rings (SSSR count). The molecule has 1 aromatic rings. The maximum absolute atomic E-state index is 11.7. The van der Waals surface area contributed by atoms with Gasteiger partial charge < -0.3 is 10.2 Å². The predicted octanol–water partition coefficient (Wildman–Crippen LogP) is 1.71. The van der Waals surface area contributed by atoms with E-state index in [1.165, 1.54) is 11.1 Å². The lowest BCUT2D eigenvalue weighted by Gasteiger charge is -2.28. The Balaban J connectivity index is 2.34. The number of anilines is 1. The highest BCUT2D eigenvalue weighted by molar-refractivity contribution is 5.96. The fourth-order valence-electron chi connectivity index (χ4n) is 2.27. The van der Waals surface area contributed by atoms with Gasteiger partial charge >= 0.3 is 0 Å². The van der Waals surface area contributed by atoms with E-state index in [2.05, 4.69) is 23.5 Å². The van der Waals surface area contributed by atoms with Crippen LogP contribution in [0, 0.1) is 0 Å². The number of aryl methyl sites for hydroxylation is 1. The average Bonchev–Trinajstić information content (AvgIpc) is 2.30. The Morgan fingerprint density at radius 3 is 2.88 bits per heavy atom. The van der Waals surface area contributed by atoms with Crippen molar-refractivity contribution in [3.8, 4) is 0 Å². The van der Waals surface area contributed by atoms with E-state index in [-0.39, 0.29) is 5.91 Å². The number of nitrogens with zero attached hydrogens (tertiary/aromatic N) is 1. The second kappa shape index (κ2) is 4.66. The lowest BCUT2D eigenvalue weighted by molar-refractivity contribution is -0.118. The van der Waals surface area contributed by atoms with Crippen molar-refractivity contribution in [2.24, 2.45) is 0 Å². The van der Waals surface area contributed by atoms with Crippen molar-refractivity contribution < 1.29 is 4.79 Å². The summed E-state index contributed by atoms with van der Waals surface area (Å²) in [6.45, 7) is 3.67. The first kappa shape index (κ1) is 11.1. The molecule has 1 amide bonds. The van der Waals surface area contributed by atoms with Gasteiger partial charge in [0.05, 0.1) is 0 Å². The molecule has 0 saturated carbocycles. The van der Waals surface area contributed by atoms with E-state index in [0.717, 1.165) is 25.2 Å². The fraction of sp³-hybridized carbons (Fsp3) is 0.462. The lowest BCUT2D eigenvalue weighted by atomic mass is 9.99. The van der Waals surface area contributed by atoms with Crippen LogP contribution >= 0.6 is 0 Å². The van der Waals surface area contributed by atoms with Gasteiger partial charge in [0, 0.05) is 25.2 Å². The zero-order valence-electron chi connectivity index (χ0n) is 9.92. The summed E-state index contributed by atoms with van der Waals surface area (Å²) in [5.41, 5.74) is 3.68. The Labute approximate surface area is 96.5 Å². The number of carbonyl (C=O) groups is 1. The van der Waals surface area contributed by atoms with Crippen molar-refractivity contribution in [1.29, 1.82) is 0 Å². The molecule has 1 aliphatic rings. The molecule has 0 aliphatic carbocycles. The molecule has 0 saturated heterocycles. The van der Waals surface area contributed by atoms with Crippen LogP contribution in [0.25, 0.3) is 0 Å². The summed E-state index contributed by atoms with van der Waals surface area (Å²) in [4.78, 5) is 13.6. The molecule has 3 heteroatoms. The number of hydrogen-bond donors (Lipinski definition) is 1. The average molecular weight is 218 g/mol. The van der Waals surface area contributed by atoms with Crippen LogP contribution < -0.4 is 10.2 Å². The van der Waals surface area contributed by atoms with Gasteiger partial charge in [0.25, 0.3) is 0 Å². The minimum atomic E-state index is 0.247. The van der Waals surface area contributed by atoms with E-state index in [9.17, 15) is 4.79 Å². The molecule has 0 aromatic heterocycles. The third-order valence-electron chi connectivity index (χ3n) is 3.04. The molecule has 0 spiro atoms. The molecule has 3 nitrogen and oxygen atoms in total. The quantitative estimate of drug-likeness (QED) is 0.837. The largest absolute Gasteiger partial charge is 0.316 e. The molecule has 1 N–H and O–H groups in total. The molecule has 16 heavy (non-hydrogen) atoms. The second-order valence-corrected chi connectivity index (χ2v) is 4.13. The van der Waals surface area contributed by atoms with Crippen molar-refractivity contribution in [3.05, 3.63) is 29.3 Å². The van der Waals surface area contributed by atoms with Gasteiger partial charge in [-0.1, -0.05) is 12.1 Å². The second-order valence-electron chi connectivity index (χ2n) is 4.13. The number of amides is 1. The number of nitrogens with one attached hydrogen (secondary N) is 1. The molecule has 0 radical (unpaired) electrons. The van der Waals surface area contributed by atoms with Gasteiger partial charge in [-0.15, -0.1) is 0 Å². The standard InChI is InChI=1S/C13H18N2O/c1-3-15-12-6-4-10(9-14-2)8-11(12)5-7-13(15)16/h4,6,8,14H,3,5,7,9H2,1-2H3. The minimum Gasteiger partial charge on any atom is -0.316 e. The highest BCUT2D eigenvalue weighted by Gasteiger charge is 2.22. The predicted molar refractivity (Wildman–Crippen MR) is 65.6 cm³/mol. The summed E-state index contributed by atoms with van der Waals surface area (Å²) < 4.78 is 0. The summed E-state index contributed by atoms with van der Waals surface area (Å²) in [7, 11) is 1.95. The number of carbonyl (C=O) groups excluding carboxylic acids is 1. The molecule has 1 heterocycles. The van der Waals surface area contributed by atoms with Crippen LogP contribution in [0.15, 0.2) is 18.2 Å². The molecule has 1 aliphatic heterocycles. The molecule has 86 valence electrons. The molecule has 0 fully saturated rings. The van der Waals surface area contributed by atoms with Crippen molar-refractivity contribution in [2.45, 2.75) is 26.3 Å². The van der Waals surface area contributed by atoms with Crippen LogP contribution in [-0.2, 0) is 17.8 Å². The van der Waals surface area contributed by atoms with E-state index >= 15 is 0 Å². The Morgan fingerprint density at radius 2 is 2.19 bits per heavy atom. The molecular weight excluding hydrogens is 200 g/mol. The zero-order chi connectivity index (χ0) is 11.5. The van der Waals surface area contributed by atoms with E-state index in [0.29, 0.717) is 6.42 Å². The van der Waals surface area contributed by atoms with E-state index in [1.54, 1.807) is 0 Å². The van der Waals surface area contributed by atoms with Crippen molar-refractivity contribution in [2.75, 3.05) is 18.5 Å². The minimum absolute atomic E-state index is 0.247. The van der Waals surface area contributed by atoms with Crippen molar-refractivity contribution in [1.82, 2.24) is 5.32 Å². The SMILES string of the molecule is CCN1C(=O)CCc2cc(CNC)ccc21. The maximum atomic E-state index is 11.7. The first-order valence-corrected chi connectivity index (χ1v) is 5.83. The topological polar surface area (TPSA) is 32.3 Å². The third kappa shape index (κ3) is 1.95. The monoisotopic (exact) mass is 218 g/mol. The van der Waals surface area contributed by atoms with E-state index < -0.39 is 0 Å². The summed E-state index contributed by atoms with van der Waals surface area (Å²) >= 11 is 0. The van der Waals surface area contributed by atoms with Gasteiger partial charge in [-0.05, 0) is 37.6 Å². The van der Waals surface area contributed by atoms with Crippen LogP contribution in [0.4, 0.5) is 5.69 Å². The van der Waals surface area contributed by atoms with Gasteiger partial charge in [0.15, 0.2) is 0 Å².